The van der Waals surface area contributed by atoms with Crippen molar-refractivity contribution in [1.29, 1.82) is 10.8 Å². The molecule has 0 bridgehead atoms. The number of carbonyl (C=O) groups excluding carboxylic acids is 2. The minimum Gasteiger partial charge on any atom is -0.369 e. The zero-order valence-corrected chi connectivity index (χ0v) is 17.0. The van der Waals surface area contributed by atoms with Crippen molar-refractivity contribution >= 4 is 35.1 Å². The van der Waals surface area contributed by atoms with E-state index in [0.29, 0.717) is 27.2 Å². The van der Waals surface area contributed by atoms with Crippen LogP contribution in [0.2, 0.25) is 0 Å². The molecule has 17 N–H and O–H groups in total. The number of guanidine groups is 2. The van der Waals surface area contributed by atoms with Crippen molar-refractivity contribution in [1.82, 2.24) is 26.5 Å². The molecule has 0 aliphatic rings. The third-order valence-corrected chi connectivity index (χ3v) is 3.60. The number of nitrogens with one attached hydrogen (secondary N) is 7. The van der Waals surface area contributed by atoms with Gasteiger partial charge in [0, 0.05) is 11.1 Å². The molecule has 0 spiro atoms. The van der Waals surface area contributed by atoms with Crippen molar-refractivity contribution in [3.8, 4) is 0 Å². The summed E-state index contributed by atoms with van der Waals surface area (Å²) in [6.45, 7) is 0. The van der Waals surface area contributed by atoms with Gasteiger partial charge in [-0.25, -0.2) is 23.0 Å². The number of carbonyl (C=O) groups is 2. The number of hydrogen-bond acceptors (Lipinski definition) is 11. The fraction of sp³-hybridized carbons (Fsp3) is 0. The SMILES string of the molecule is N=C(N)NN(N)C(=O)c1ccc(NO)cc1.N=C(NN)N(N)NC(=O)c1ccc(NO)cc1. The molecule has 0 saturated heterocycles. The second kappa shape index (κ2) is 12.9. The summed E-state index contributed by atoms with van der Waals surface area (Å²) < 4.78 is 0. The molecule has 2 rings (SSSR count). The second-order valence-corrected chi connectivity index (χ2v) is 5.88. The van der Waals surface area contributed by atoms with Crippen LogP contribution >= 0.6 is 0 Å². The quantitative estimate of drug-likeness (QED) is 0.0761. The Bertz CT molecular complexity index is 952. The standard InChI is InChI=1S/C8H13N7O2.C8H12N6O2/c9-8(12-10)15(11)13-7(16)5-1-3-6(14-17)4-2-5;9-8(10)12-14(11)7(15)5-1-3-6(13-16)4-2-5/h1-4,14,17H,10-11H2,(H2,9,12)(H,13,16);1-4,13,16H,11H2,(H4,9,10,12). The van der Waals surface area contributed by atoms with Gasteiger partial charge in [-0.2, -0.15) is 10.2 Å². The number of benzene rings is 2. The van der Waals surface area contributed by atoms with Crippen LogP contribution in [-0.4, -0.2) is 44.4 Å². The molecule has 0 fully saturated rings. The summed E-state index contributed by atoms with van der Waals surface area (Å²) in [5.41, 5.74) is 16.7. The summed E-state index contributed by atoms with van der Waals surface area (Å²) in [5.74, 6) is 13.7. The Morgan fingerprint density at radius 1 is 0.788 bits per heavy atom. The van der Waals surface area contributed by atoms with Crippen LogP contribution in [0.3, 0.4) is 0 Å². The molecule has 178 valence electrons. The van der Waals surface area contributed by atoms with E-state index >= 15 is 0 Å². The first-order valence-corrected chi connectivity index (χ1v) is 8.74. The van der Waals surface area contributed by atoms with Crippen molar-refractivity contribution < 1.29 is 20.0 Å². The van der Waals surface area contributed by atoms with Crippen molar-refractivity contribution in [2.45, 2.75) is 0 Å². The van der Waals surface area contributed by atoms with Crippen LogP contribution in [0.15, 0.2) is 48.5 Å². The Morgan fingerprint density at radius 2 is 1.24 bits per heavy atom. The minimum atomic E-state index is -0.556. The van der Waals surface area contributed by atoms with Crippen LogP contribution < -0.4 is 50.5 Å². The number of rotatable bonds is 4. The zero-order valence-electron chi connectivity index (χ0n) is 17.0. The van der Waals surface area contributed by atoms with Crippen molar-refractivity contribution in [2.24, 2.45) is 23.3 Å². The first-order valence-electron chi connectivity index (χ1n) is 8.74. The van der Waals surface area contributed by atoms with Gasteiger partial charge < -0.3 is 5.73 Å². The van der Waals surface area contributed by atoms with Crippen LogP contribution in [0, 0.1) is 10.8 Å². The van der Waals surface area contributed by atoms with E-state index in [1.807, 2.05) is 16.4 Å². The van der Waals surface area contributed by atoms with E-state index in [4.69, 9.17) is 44.5 Å². The average Bonchev–Trinajstić information content (AvgIpc) is 2.82. The van der Waals surface area contributed by atoms with Crippen molar-refractivity contribution in [3.63, 3.8) is 0 Å². The second-order valence-electron chi connectivity index (χ2n) is 5.88. The highest BCUT2D eigenvalue weighted by Crippen LogP contribution is 2.09. The van der Waals surface area contributed by atoms with E-state index in [2.05, 4.69) is 10.9 Å². The van der Waals surface area contributed by atoms with Gasteiger partial charge in [0.05, 0.1) is 11.4 Å². The van der Waals surface area contributed by atoms with Gasteiger partial charge in [0.15, 0.2) is 0 Å². The van der Waals surface area contributed by atoms with E-state index in [0.717, 1.165) is 0 Å². The van der Waals surface area contributed by atoms with E-state index < -0.39 is 17.8 Å². The fourth-order valence-corrected chi connectivity index (χ4v) is 2.00. The molecular formula is C16H25N13O4. The van der Waals surface area contributed by atoms with Gasteiger partial charge in [-0.1, -0.05) is 0 Å². The summed E-state index contributed by atoms with van der Waals surface area (Å²) in [6.07, 6.45) is 0. The minimum absolute atomic E-state index is 0.287. The summed E-state index contributed by atoms with van der Waals surface area (Å²) in [4.78, 5) is 23.2. The summed E-state index contributed by atoms with van der Waals surface area (Å²) in [6, 6.07) is 11.9. The number of hydrogen-bond donors (Lipinski definition) is 13. The molecule has 2 aromatic rings. The Hall–Kier alpha value is -4.68. The third kappa shape index (κ3) is 8.53. The third-order valence-electron chi connectivity index (χ3n) is 3.60. The topological polar surface area (TPSA) is 293 Å². The van der Waals surface area contributed by atoms with E-state index in [9.17, 15) is 9.59 Å². The lowest BCUT2D eigenvalue weighted by molar-refractivity contribution is 0.0708. The largest absolute Gasteiger partial charge is 0.369 e. The Labute approximate surface area is 187 Å². The highest BCUT2D eigenvalue weighted by atomic mass is 16.5. The van der Waals surface area contributed by atoms with E-state index in [-0.39, 0.29) is 11.5 Å². The molecular weight excluding hydrogens is 438 g/mol. The van der Waals surface area contributed by atoms with Gasteiger partial charge in [0.1, 0.15) is 0 Å². The number of nitrogens with zero attached hydrogens (tertiary/aromatic N) is 2. The number of amides is 2. The zero-order chi connectivity index (χ0) is 25.0. The number of anilines is 2. The lowest BCUT2D eigenvalue weighted by Gasteiger charge is -2.18. The van der Waals surface area contributed by atoms with Crippen LogP contribution in [0.5, 0.6) is 0 Å². The van der Waals surface area contributed by atoms with E-state index in [1.165, 1.54) is 48.5 Å². The van der Waals surface area contributed by atoms with E-state index in [1.54, 1.807) is 0 Å². The van der Waals surface area contributed by atoms with Gasteiger partial charge in [-0.15, -0.1) is 0 Å². The highest BCUT2D eigenvalue weighted by molar-refractivity contribution is 5.96. The maximum absolute atomic E-state index is 11.6. The summed E-state index contributed by atoms with van der Waals surface area (Å²) >= 11 is 0. The molecule has 0 aromatic heterocycles. The first-order chi connectivity index (χ1) is 15.6. The molecule has 2 amide bonds. The molecule has 0 aliphatic carbocycles. The first kappa shape index (κ1) is 26.4. The smallest absolute Gasteiger partial charge is 0.287 e. The summed E-state index contributed by atoms with van der Waals surface area (Å²) in [7, 11) is 0. The van der Waals surface area contributed by atoms with Gasteiger partial charge in [-0.05, 0) is 48.5 Å². The molecule has 17 heteroatoms. The Morgan fingerprint density at radius 3 is 1.64 bits per heavy atom. The predicted molar refractivity (Wildman–Crippen MR) is 118 cm³/mol. The molecule has 0 unspecified atom stereocenters. The maximum atomic E-state index is 11.6. The average molecular weight is 463 g/mol. The van der Waals surface area contributed by atoms with Gasteiger partial charge in [-0.3, -0.25) is 52.6 Å². The highest BCUT2D eigenvalue weighted by Gasteiger charge is 2.12. The molecule has 0 aliphatic heterocycles. The molecule has 0 saturated carbocycles. The molecule has 33 heavy (non-hydrogen) atoms. The van der Waals surface area contributed by atoms with Gasteiger partial charge >= 0.3 is 0 Å². The lowest BCUT2D eigenvalue weighted by Crippen LogP contribution is -2.56. The Kier molecular flexibility index (Phi) is 10.3. The number of nitrogens with two attached hydrogens (primary N) is 4. The van der Waals surface area contributed by atoms with Crippen LogP contribution in [0.4, 0.5) is 11.4 Å². The molecule has 2 aromatic carbocycles. The maximum Gasteiger partial charge on any atom is 0.287 e. The van der Waals surface area contributed by atoms with Gasteiger partial charge in [0.2, 0.25) is 11.9 Å². The normalized spacial score (nSPS) is 9.36. The van der Waals surface area contributed by atoms with Crippen molar-refractivity contribution in [2.75, 3.05) is 11.0 Å². The monoisotopic (exact) mass is 463 g/mol. The lowest BCUT2D eigenvalue weighted by atomic mass is 10.2. The Balaban J connectivity index is 0.000000331. The van der Waals surface area contributed by atoms with Crippen LogP contribution in [0.1, 0.15) is 20.7 Å². The molecule has 17 nitrogen and oxygen atoms in total. The van der Waals surface area contributed by atoms with Gasteiger partial charge in [0.25, 0.3) is 11.8 Å². The molecule has 0 radical (unpaired) electrons. The fourth-order valence-electron chi connectivity index (χ4n) is 2.00. The van der Waals surface area contributed by atoms with Crippen LogP contribution in [0.25, 0.3) is 0 Å². The predicted octanol–water partition coefficient (Wildman–Crippen LogP) is -2.09. The molecule has 0 atom stereocenters. The number of hydrazine groups is 5. The van der Waals surface area contributed by atoms with Crippen molar-refractivity contribution in [3.05, 3.63) is 59.7 Å². The summed E-state index contributed by atoms with van der Waals surface area (Å²) in [5, 5.41) is 32.5. The van der Waals surface area contributed by atoms with Crippen LogP contribution in [-0.2, 0) is 0 Å². The molecule has 0 heterocycles.